The van der Waals surface area contributed by atoms with Gasteiger partial charge in [0.2, 0.25) is 5.88 Å². The van der Waals surface area contributed by atoms with Gasteiger partial charge in [-0.25, -0.2) is 9.03 Å². The van der Waals surface area contributed by atoms with Crippen molar-refractivity contribution < 1.29 is 23.4 Å². The van der Waals surface area contributed by atoms with Crippen molar-refractivity contribution in [2.75, 3.05) is 4.31 Å². The number of hydrogen-bond donors (Lipinski definition) is 3. The molecule has 154 valence electrons. The molecule has 0 aliphatic carbocycles. The van der Waals surface area contributed by atoms with Crippen LogP contribution in [0.25, 0.3) is 0 Å². The number of anilines is 1. The molecular formula is C22H20N2O5S. The van der Waals surface area contributed by atoms with E-state index in [0.717, 1.165) is 39.6 Å². The number of phenols is 1. The van der Waals surface area contributed by atoms with E-state index >= 15 is 0 Å². The van der Waals surface area contributed by atoms with Crippen molar-refractivity contribution in [3.05, 3.63) is 96.0 Å². The molecule has 0 atom stereocenters. The Hall–Kier alpha value is -3.65. The number of hydrogen-bond acceptors (Lipinski definition) is 5. The molecule has 0 unspecified atom stereocenters. The largest absolute Gasteiger partial charge is 0.506 e. The minimum Gasteiger partial charge on any atom is -0.506 e. The molecule has 0 radical (unpaired) electrons. The second-order valence-electron chi connectivity index (χ2n) is 6.80. The number of rotatable bonds is 6. The quantitative estimate of drug-likeness (QED) is 0.556. The van der Waals surface area contributed by atoms with E-state index in [1.54, 1.807) is 6.07 Å². The number of nitrogens with zero attached hydrogens (tertiary/aromatic N) is 1. The van der Waals surface area contributed by atoms with Gasteiger partial charge in [0, 0.05) is 0 Å². The highest BCUT2D eigenvalue weighted by molar-refractivity contribution is 7.91. The summed E-state index contributed by atoms with van der Waals surface area (Å²) < 4.78 is 32.4. The standard InChI is InChI=1S/C22H20N2O5S/c25-21-14-17(10-13-20(21)24-15-22(26)23-30(24,27)28)7-6-16-8-11-19(12-9-16)29-18-4-2-1-3-5-18/h1-5,8-15,23,25-26H,6-7H2. The lowest BCUT2D eigenvalue weighted by molar-refractivity contribution is 0.392. The average molecular weight is 424 g/mol. The van der Waals surface area contributed by atoms with Crippen molar-refractivity contribution >= 4 is 15.9 Å². The van der Waals surface area contributed by atoms with Crippen molar-refractivity contribution in [3.63, 3.8) is 0 Å². The first-order chi connectivity index (χ1) is 14.4. The predicted molar refractivity (Wildman–Crippen MR) is 114 cm³/mol. The molecule has 8 heteroatoms. The van der Waals surface area contributed by atoms with Crippen LogP contribution in [-0.4, -0.2) is 18.6 Å². The van der Waals surface area contributed by atoms with E-state index in [0.29, 0.717) is 6.42 Å². The highest BCUT2D eigenvalue weighted by Crippen LogP contribution is 2.32. The maximum atomic E-state index is 11.9. The highest BCUT2D eigenvalue weighted by atomic mass is 32.2. The van der Waals surface area contributed by atoms with E-state index in [-0.39, 0.29) is 11.4 Å². The zero-order valence-electron chi connectivity index (χ0n) is 15.9. The van der Waals surface area contributed by atoms with Gasteiger partial charge >= 0.3 is 10.2 Å². The molecule has 3 N–H and O–H groups in total. The molecule has 0 fully saturated rings. The average Bonchev–Trinajstić information content (AvgIpc) is 3.00. The van der Waals surface area contributed by atoms with Crippen LogP contribution >= 0.6 is 0 Å². The molecule has 30 heavy (non-hydrogen) atoms. The maximum absolute atomic E-state index is 11.9. The Morgan fingerprint density at radius 2 is 1.47 bits per heavy atom. The fourth-order valence-electron chi connectivity index (χ4n) is 3.14. The predicted octanol–water partition coefficient (Wildman–Crippen LogP) is 3.98. The molecule has 1 heterocycles. The molecule has 0 saturated heterocycles. The number of aromatic hydroxyl groups is 1. The first kappa shape index (κ1) is 19.7. The van der Waals surface area contributed by atoms with Crippen molar-refractivity contribution in [1.82, 2.24) is 4.72 Å². The van der Waals surface area contributed by atoms with Crippen LogP contribution < -0.4 is 13.8 Å². The summed E-state index contributed by atoms with van der Waals surface area (Å²) in [6.45, 7) is 0. The second kappa shape index (κ2) is 8.00. The lowest BCUT2D eigenvalue weighted by Gasteiger charge is -2.16. The van der Waals surface area contributed by atoms with E-state index in [1.165, 1.54) is 12.1 Å². The molecule has 0 saturated carbocycles. The minimum absolute atomic E-state index is 0.0673. The summed E-state index contributed by atoms with van der Waals surface area (Å²) in [5, 5.41) is 19.7. The van der Waals surface area contributed by atoms with Gasteiger partial charge < -0.3 is 14.9 Å². The third kappa shape index (κ3) is 4.33. The molecule has 1 aliphatic heterocycles. The number of aliphatic hydroxyl groups is 1. The molecule has 0 bridgehead atoms. The SMILES string of the molecule is O=S1(=O)NC(O)=CN1c1ccc(CCc2ccc(Oc3ccccc3)cc2)cc1O. The molecule has 3 aromatic rings. The normalized spacial score (nSPS) is 14.8. The van der Waals surface area contributed by atoms with Crippen molar-refractivity contribution in [2.24, 2.45) is 0 Å². The molecule has 3 aromatic carbocycles. The molecule has 0 aromatic heterocycles. The number of phenolic OH excluding ortho intramolecular Hbond substituents is 1. The van der Waals surface area contributed by atoms with Crippen molar-refractivity contribution in [2.45, 2.75) is 12.8 Å². The molecule has 0 spiro atoms. The van der Waals surface area contributed by atoms with Crippen LogP contribution in [0.1, 0.15) is 11.1 Å². The molecule has 0 amide bonds. The van der Waals surface area contributed by atoms with Crippen molar-refractivity contribution in [3.8, 4) is 17.2 Å². The summed E-state index contributed by atoms with van der Waals surface area (Å²) in [5.74, 6) is 0.844. The Balaban J connectivity index is 1.40. The van der Waals surface area contributed by atoms with Gasteiger partial charge in [0.05, 0.1) is 6.20 Å². The summed E-state index contributed by atoms with van der Waals surface area (Å²) in [4.78, 5) is 0. The van der Waals surface area contributed by atoms with E-state index < -0.39 is 16.1 Å². The van der Waals surface area contributed by atoms with Gasteiger partial charge in [-0.3, -0.25) is 0 Å². The van der Waals surface area contributed by atoms with Crippen LogP contribution in [0.2, 0.25) is 0 Å². The monoisotopic (exact) mass is 424 g/mol. The summed E-state index contributed by atoms with van der Waals surface area (Å²) in [6.07, 6.45) is 2.41. The van der Waals surface area contributed by atoms with Gasteiger partial charge in [-0.05, 0) is 60.4 Å². The van der Waals surface area contributed by atoms with Gasteiger partial charge in [0.25, 0.3) is 0 Å². The summed E-state index contributed by atoms with van der Waals surface area (Å²) >= 11 is 0. The van der Waals surface area contributed by atoms with Crippen LogP contribution in [0.15, 0.2) is 84.9 Å². The van der Waals surface area contributed by atoms with Crippen molar-refractivity contribution in [1.29, 1.82) is 0 Å². The van der Waals surface area contributed by atoms with Gasteiger partial charge in [-0.15, -0.1) is 0 Å². The smallest absolute Gasteiger partial charge is 0.330 e. The molecular weight excluding hydrogens is 404 g/mol. The second-order valence-corrected chi connectivity index (χ2v) is 8.35. The van der Waals surface area contributed by atoms with E-state index in [1.807, 2.05) is 59.3 Å². The third-order valence-corrected chi connectivity index (χ3v) is 5.90. The Morgan fingerprint density at radius 1 is 0.833 bits per heavy atom. The van der Waals surface area contributed by atoms with Gasteiger partial charge in [0.15, 0.2) is 0 Å². The lowest BCUT2D eigenvalue weighted by atomic mass is 10.0. The van der Waals surface area contributed by atoms with Gasteiger partial charge in [-0.1, -0.05) is 36.4 Å². The highest BCUT2D eigenvalue weighted by Gasteiger charge is 2.30. The summed E-state index contributed by atoms with van der Waals surface area (Å²) in [6, 6.07) is 22.1. The number of para-hydroxylation sites is 1. The van der Waals surface area contributed by atoms with E-state index in [4.69, 9.17) is 4.74 Å². The molecule has 4 rings (SSSR count). The zero-order valence-corrected chi connectivity index (χ0v) is 16.7. The Bertz CT molecular complexity index is 1180. The van der Waals surface area contributed by atoms with Gasteiger partial charge in [0.1, 0.15) is 22.9 Å². The fraction of sp³-hybridized carbons (Fsp3) is 0.0909. The number of benzene rings is 3. The Kier molecular flexibility index (Phi) is 5.24. The van der Waals surface area contributed by atoms with Crippen LogP contribution in [0.3, 0.4) is 0 Å². The first-order valence-electron chi connectivity index (χ1n) is 9.27. The van der Waals surface area contributed by atoms with E-state index in [2.05, 4.69) is 0 Å². The van der Waals surface area contributed by atoms with Crippen LogP contribution in [0.4, 0.5) is 5.69 Å². The number of aliphatic hydroxyl groups excluding tert-OH is 1. The Morgan fingerprint density at radius 3 is 2.10 bits per heavy atom. The van der Waals surface area contributed by atoms with Crippen LogP contribution in [0.5, 0.6) is 17.2 Å². The third-order valence-electron chi connectivity index (χ3n) is 4.61. The number of nitrogens with one attached hydrogen (secondary N) is 1. The number of ether oxygens (including phenoxy) is 1. The fourth-order valence-corrected chi connectivity index (χ4v) is 4.20. The molecule has 7 nitrogen and oxygen atoms in total. The maximum Gasteiger partial charge on any atom is 0.330 e. The zero-order chi connectivity index (χ0) is 21.1. The summed E-state index contributed by atoms with van der Waals surface area (Å²) in [7, 11) is -3.94. The van der Waals surface area contributed by atoms with E-state index in [9.17, 15) is 18.6 Å². The van der Waals surface area contributed by atoms with Crippen LogP contribution in [-0.2, 0) is 23.1 Å². The number of aryl methyl sites for hydroxylation is 2. The Labute approximate surface area is 174 Å². The minimum atomic E-state index is -3.94. The molecule has 1 aliphatic rings. The van der Waals surface area contributed by atoms with Gasteiger partial charge in [-0.2, -0.15) is 8.42 Å². The summed E-state index contributed by atoms with van der Waals surface area (Å²) in [5.41, 5.74) is 2.04. The lowest BCUT2D eigenvalue weighted by Crippen LogP contribution is -2.29. The van der Waals surface area contributed by atoms with Crippen LogP contribution in [0, 0.1) is 0 Å². The topological polar surface area (TPSA) is 99.1 Å². The first-order valence-corrected chi connectivity index (χ1v) is 10.7.